The minimum absolute atomic E-state index is 0.0303. The Hall–Kier alpha value is -2.28. The average Bonchev–Trinajstić information content (AvgIpc) is 3.09. The van der Waals surface area contributed by atoms with E-state index in [9.17, 15) is 4.79 Å². The van der Waals surface area contributed by atoms with Crippen molar-refractivity contribution in [2.75, 3.05) is 40.4 Å². The summed E-state index contributed by atoms with van der Waals surface area (Å²) in [7, 11) is 3.42. The van der Waals surface area contributed by atoms with Gasteiger partial charge in [-0.2, -0.15) is 0 Å². The van der Waals surface area contributed by atoms with Gasteiger partial charge >= 0.3 is 0 Å². The lowest BCUT2D eigenvalue weighted by molar-refractivity contribution is -0.130. The van der Waals surface area contributed by atoms with E-state index >= 15 is 0 Å². The van der Waals surface area contributed by atoms with Gasteiger partial charge in [-0.15, -0.1) is 0 Å². The first-order valence-corrected chi connectivity index (χ1v) is 9.50. The number of guanidine groups is 1. The molecule has 1 amide bonds. The fourth-order valence-electron chi connectivity index (χ4n) is 2.77. The molecule has 1 aliphatic rings. The number of ether oxygens (including phenoxy) is 2. The van der Waals surface area contributed by atoms with Crippen molar-refractivity contribution >= 4 is 11.9 Å². The van der Waals surface area contributed by atoms with Crippen LogP contribution >= 0.6 is 0 Å². The van der Waals surface area contributed by atoms with Crippen LogP contribution in [0.2, 0.25) is 0 Å². The highest BCUT2D eigenvalue weighted by Gasteiger charge is 2.29. The van der Waals surface area contributed by atoms with Gasteiger partial charge in [0.05, 0.1) is 12.1 Å². The molecule has 1 saturated heterocycles. The van der Waals surface area contributed by atoms with Crippen molar-refractivity contribution in [3.05, 3.63) is 29.8 Å². The predicted molar refractivity (Wildman–Crippen MR) is 107 cm³/mol. The second kappa shape index (κ2) is 10.2. The van der Waals surface area contributed by atoms with E-state index in [1.807, 2.05) is 31.2 Å². The molecule has 0 aliphatic carbocycles. The molecule has 1 aromatic carbocycles. The number of amides is 1. The standard InChI is InChI=1S/C20H32N4O3/c1-5-21-19(23-15-20(2)10-7-11-27-20)22-13-16-8-6-9-17(12-16)26-14-18(25)24(3)4/h6,8-9,12H,5,7,10-11,13-15H2,1-4H3,(H2,21,22,23). The van der Waals surface area contributed by atoms with Crippen LogP contribution in [0.5, 0.6) is 5.75 Å². The maximum atomic E-state index is 11.6. The van der Waals surface area contributed by atoms with Gasteiger partial charge in [0.2, 0.25) is 0 Å². The zero-order valence-corrected chi connectivity index (χ0v) is 16.9. The first kappa shape index (κ1) is 21.0. The lowest BCUT2D eigenvalue weighted by Crippen LogP contribution is -2.45. The van der Waals surface area contributed by atoms with E-state index in [2.05, 4.69) is 22.5 Å². The largest absolute Gasteiger partial charge is 0.484 e. The normalized spacial score (nSPS) is 19.6. The van der Waals surface area contributed by atoms with Crippen molar-refractivity contribution in [3.63, 3.8) is 0 Å². The third-order valence-corrected chi connectivity index (χ3v) is 4.45. The van der Waals surface area contributed by atoms with E-state index in [4.69, 9.17) is 9.47 Å². The smallest absolute Gasteiger partial charge is 0.259 e. The molecule has 7 nitrogen and oxygen atoms in total. The average molecular weight is 377 g/mol. The van der Waals surface area contributed by atoms with Gasteiger partial charge < -0.3 is 25.0 Å². The number of aliphatic imine (C=N–C) groups is 1. The van der Waals surface area contributed by atoms with Crippen molar-refractivity contribution in [3.8, 4) is 5.75 Å². The summed E-state index contributed by atoms with van der Waals surface area (Å²) in [6.45, 7) is 7.07. The van der Waals surface area contributed by atoms with Crippen LogP contribution in [0, 0.1) is 0 Å². The highest BCUT2D eigenvalue weighted by molar-refractivity contribution is 5.79. The van der Waals surface area contributed by atoms with E-state index in [1.54, 1.807) is 14.1 Å². The summed E-state index contributed by atoms with van der Waals surface area (Å²) in [5, 5.41) is 6.64. The third-order valence-electron chi connectivity index (χ3n) is 4.45. The highest BCUT2D eigenvalue weighted by Crippen LogP contribution is 2.23. The molecule has 1 fully saturated rings. The highest BCUT2D eigenvalue weighted by atomic mass is 16.5. The van der Waals surface area contributed by atoms with Crippen molar-refractivity contribution in [1.29, 1.82) is 0 Å². The SMILES string of the molecule is CCNC(=NCc1cccc(OCC(=O)N(C)C)c1)NCC1(C)CCCO1. The summed E-state index contributed by atoms with van der Waals surface area (Å²) in [5.41, 5.74) is 0.897. The van der Waals surface area contributed by atoms with Crippen LogP contribution in [0.1, 0.15) is 32.3 Å². The molecular weight excluding hydrogens is 344 g/mol. The van der Waals surface area contributed by atoms with Crippen LogP contribution < -0.4 is 15.4 Å². The maximum Gasteiger partial charge on any atom is 0.259 e. The zero-order valence-electron chi connectivity index (χ0n) is 16.9. The Morgan fingerprint density at radius 2 is 2.19 bits per heavy atom. The molecule has 0 radical (unpaired) electrons. The molecular formula is C20H32N4O3. The summed E-state index contributed by atoms with van der Waals surface area (Å²) in [4.78, 5) is 17.8. The second-order valence-electron chi connectivity index (χ2n) is 7.17. The van der Waals surface area contributed by atoms with Gasteiger partial charge in [0.1, 0.15) is 5.75 Å². The third kappa shape index (κ3) is 7.09. The molecule has 0 saturated carbocycles. The van der Waals surface area contributed by atoms with E-state index in [0.717, 1.165) is 44.1 Å². The van der Waals surface area contributed by atoms with Crippen LogP contribution in [-0.4, -0.2) is 62.8 Å². The molecule has 7 heteroatoms. The van der Waals surface area contributed by atoms with E-state index in [0.29, 0.717) is 12.3 Å². The lowest BCUT2D eigenvalue weighted by Gasteiger charge is -2.24. The summed E-state index contributed by atoms with van der Waals surface area (Å²) >= 11 is 0. The number of nitrogens with one attached hydrogen (secondary N) is 2. The van der Waals surface area contributed by atoms with Crippen LogP contribution in [0.25, 0.3) is 0 Å². The van der Waals surface area contributed by atoms with E-state index < -0.39 is 0 Å². The number of benzene rings is 1. The van der Waals surface area contributed by atoms with Gasteiger partial charge in [0, 0.05) is 33.8 Å². The maximum absolute atomic E-state index is 11.6. The molecule has 0 bridgehead atoms. The number of likely N-dealkylation sites (N-methyl/N-ethyl adjacent to an activating group) is 1. The number of hydrogen-bond donors (Lipinski definition) is 2. The number of hydrogen-bond acceptors (Lipinski definition) is 4. The van der Waals surface area contributed by atoms with Crippen LogP contribution in [-0.2, 0) is 16.1 Å². The van der Waals surface area contributed by atoms with Crippen molar-refractivity contribution in [2.45, 2.75) is 38.8 Å². The lowest BCUT2D eigenvalue weighted by atomic mass is 10.0. The number of carbonyl (C=O) groups excluding carboxylic acids is 1. The molecule has 1 aliphatic heterocycles. The van der Waals surface area contributed by atoms with E-state index in [1.165, 1.54) is 4.90 Å². The molecule has 2 N–H and O–H groups in total. The summed E-state index contributed by atoms with van der Waals surface area (Å²) in [5.74, 6) is 1.37. The first-order chi connectivity index (χ1) is 12.9. The zero-order chi connectivity index (χ0) is 19.7. The Kier molecular flexibility index (Phi) is 7.91. The van der Waals surface area contributed by atoms with Gasteiger partial charge in [0.15, 0.2) is 12.6 Å². The molecule has 1 heterocycles. The molecule has 2 rings (SSSR count). The number of carbonyl (C=O) groups is 1. The van der Waals surface area contributed by atoms with Gasteiger partial charge in [-0.05, 0) is 44.4 Å². The molecule has 0 aromatic heterocycles. The van der Waals surface area contributed by atoms with Gasteiger partial charge in [-0.3, -0.25) is 4.79 Å². The molecule has 1 atom stereocenters. The minimum atomic E-state index is -0.122. The Bertz CT molecular complexity index is 640. The van der Waals surface area contributed by atoms with Crippen molar-refractivity contribution < 1.29 is 14.3 Å². The molecule has 27 heavy (non-hydrogen) atoms. The van der Waals surface area contributed by atoms with Crippen LogP contribution in [0.15, 0.2) is 29.3 Å². The first-order valence-electron chi connectivity index (χ1n) is 9.50. The summed E-state index contributed by atoms with van der Waals surface area (Å²) in [6, 6.07) is 7.67. The van der Waals surface area contributed by atoms with Gasteiger partial charge in [0.25, 0.3) is 5.91 Å². The van der Waals surface area contributed by atoms with Crippen molar-refractivity contribution in [1.82, 2.24) is 15.5 Å². The predicted octanol–water partition coefficient (Wildman–Crippen LogP) is 1.78. The fourth-order valence-corrected chi connectivity index (χ4v) is 2.77. The summed E-state index contributed by atoms with van der Waals surface area (Å²) in [6.07, 6.45) is 2.17. The Morgan fingerprint density at radius 1 is 1.37 bits per heavy atom. The molecule has 0 spiro atoms. The molecule has 1 unspecified atom stereocenters. The van der Waals surface area contributed by atoms with Gasteiger partial charge in [-0.1, -0.05) is 12.1 Å². The van der Waals surface area contributed by atoms with Crippen LogP contribution in [0.4, 0.5) is 0 Å². The molecule has 1 aromatic rings. The molecule has 150 valence electrons. The van der Waals surface area contributed by atoms with Crippen molar-refractivity contribution in [2.24, 2.45) is 4.99 Å². The summed E-state index contributed by atoms with van der Waals surface area (Å²) < 4.78 is 11.4. The Labute approximate surface area is 162 Å². The van der Waals surface area contributed by atoms with E-state index in [-0.39, 0.29) is 18.1 Å². The fraction of sp³-hybridized carbons (Fsp3) is 0.600. The van der Waals surface area contributed by atoms with Crippen LogP contribution in [0.3, 0.4) is 0 Å². The minimum Gasteiger partial charge on any atom is -0.484 e. The topological polar surface area (TPSA) is 75.2 Å². The second-order valence-corrected chi connectivity index (χ2v) is 7.17. The monoisotopic (exact) mass is 376 g/mol. The van der Waals surface area contributed by atoms with Gasteiger partial charge in [-0.25, -0.2) is 4.99 Å². The Balaban J connectivity index is 1.92. The quantitative estimate of drug-likeness (QED) is 0.534. The Morgan fingerprint density at radius 3 is 2.85 bits per heavy atom. The number of nitrogens with zero attached hydrogens (tertiary/aromatic N) is 2. The number of rotatable bonds is 8.